The van der Waals surface area contributed by atoms with Crippen LogP contribution in [-0.2, 0) is 16.1 Å². The molecule has 3 rings (SSSR count). The first-order chi connectivity index (χ1) is 12.1. The van der Waals surface area contributed by atoms with Gasteiger partial charge in [-0.3, -0.25) is 9.59 Å². The summed E-state index contributed by atoms with van der Waals surface area (Å²) in [4.78, 5) is 23.5. The lowest BCUT2D eigenvalue weighted by atomic mass is 9.98. The van der Waals surface area contributed by atoms with E-state index in [0.717, 1.165) is 22.6 Å². The van der Waals surface area contributed by atoms with Crippen molar-refractivity contribution < 1.29 is 14.3 Å². The number of carbonyl (C=O) groups is 2. The molecule has 1 heterocycles. The average Bonchev–Trinajstić information content (AvgIpc) is 2.61. The largest absolute Gasteiger partial charge is 0.457 e. The van der Waals surface area contributed by atoms with E-state index in [1.54, 1.807) is 0 Å². The second-order valence-corrected chi connectivity index (χ2v) is 6.28. The first-order valence-corrected chi connectivity index (χ1v) is 8.48. The van der Waals surface area contributed by atoms with E-state index in [1.807, 2.05) is 55.5 Å². The monoisotopic (exact) mass is 338 g/mol. The Labute approximate surface area is 147 Å². The fourth-order valence-corrected chi connectivity index (χ4v) is 2.84. The van der Waals surface area contributed by atoms with Crippen LogP contribution in [0.3, 0.4) is 0 Å². The topological polar surface area (TPSA) is 67.4 Å². The third-order valence-electron chi connectivity index (χ3n) is 4.28. The van der Waals surface area contributed by atoms with E-state index in [9.17, 15) is 9.59 Å². The van der Waals surface area contributed by atoms with Crippen molar-refractivity contribution in [3.8, 4) is 11.5 Å². The predicted octanol–water partition coefficient (Wildman–Crippen LogP) is 2.93. The Balaban J connectivity index is 1.63. The van der Waals surface area contributed by atoms with Gasteiger partial charge in [-0.15, -0.1) is 0 Å². The van der Waals surface area contributed by atoms with Gasteiger partial charge in [-0.1, -0.05) is 30.3 Å². The lowest BCUT2D eigenvalue weighted by Crippen LogP contribution is -2.42. The molecule has 2 aromatic carbocycles. The number of rotatable bonds is 5. The molecule has 0 aromatic heterocycles. The Morgan fingerprint density at radius 2 is 2.08 bits per heavy atom. The lowest BCUT2D eigenvalue weighted by Gasteiger charge is -2.22. The van der Waals surface area contributed by atoms with Crippen LogP contribution in [0.1, 0.15) is 24.0 Å². The van der Waals surface area contributed by atoms with Crippen molar-refractivity contribution >= 4 is 11.8 Å². The lowest BCUT2D eigenvalue weighted by molar-refractivity contribution is -0.129. The van der Waals surface area contributed by atoms with Gasteiger partial charge in [0.15, 0.2) is 0 Å². The van der Waals surface area contributed by atoms with Gasteiger partial charge in [0.2, 0.25) is 11.8 Å². The Kier molecular flexibility index (Phi) is 5.33. The van der Waals surface area contributed by atoms with Crippen molar-refractivity contribution in [2.24, 2.45) is 5.92 Å². The number of carbonyl (C=O) groups excluding carboxylic acids is 2. The Hall–Kier alpha value is -2.82. The van der Waals surface area contributed by atoms with E-state index < -0.39 is 0 Å². The molecule has 25 heavy (non-hydrogen) atoms. The quantitative estimate of drug-likeness (QED) is 0.881. The summed E-state index contributed by atoms with van der Waals surface area (Å²) in [6.07, 6.45) is 1.00. The molecular weight excluding hydrogens is 316 g/mol. The molecular formula is C20H22N2O3. The number of piperidine rings is 1. The summed E-state index contributed by atoms with van der Waals surface area (Å²) in [5, 5.41) is 5.69. The van der Waals surface area contributed by atoms with E-state index in [4.69, 9.17) is 4.74 Å². The van der Waals surface area contributed by atoms with Gasteiger partial charge in [-0.25, -0.2) is 0 Å². The maximum atomic E-state index is 12.3. The highest BCUT2D eigenvalue weighted by Gasteiger charge is 2.24. The number of para-hydroxylation sites is 1. The average molecular weight is 338 g/mol. The van der Waals surface area contributed by atoms with Crippen LogP contribution in [0.15, 0.2) is 48.5 Å². The van der Waals surface area contributed by atoms with Crippen molar-refractivity contribution in [1.82, 2.24) is 10.6 Å². The summed E-state index contributed by atoms with van der Waals surface area (Å²) in [6.45, 7) is 2.82. The smallest absolute Gasteiger partial charge is 0.225 e. The summed E-state index contributed by atoms with van der Waals surface area (Å²) in [5.41, 5.74) is 2.04. The molecule has 5 heteroatoms. The molecule has 0 saturated carbocycles. The third-order valence-corrected chi connectivity index (χ3v) is 4.28. The standard InChI is InChI=1S/C20H22N2O3/c1-14-5-4-7-17(11-14)25-18-8-3-2-6-15(18)12-22-20(24)16-9-10-19(23)21-13-16/h2-8,11,16H,9-10,12-13H2,1H3,(H,21,23)(H,22,24)/t16-/m1/s1. The van der Waals surface area contributed by atoms with Crippen LogP contribution >= 0.6 is 0 Å². The maximum Gasteiger partial charge on any atom is 0.225 e. The fourth-order valence-electron chi connectivity index (χ4n) is 2.84. The van der Waals surface area contributed by atoms with Crippen LogP contribution in [0.5, 0.6) is 11.5 Å². The molecule has 0 unspecified atom stereocenters. The summed E-state index contributed by atoms with van der Waals surface area (Å²) in [6, 6.07) is 15.5. The van der Waals surface area contributed by atoms with Crippen molar-refractivity contribution in [2.45, 2.75) is 26.3 Å². The van der Waals surface area contributed by atoms with Crippen LogP contribution in [0.4, 0.5) is 0 Å². The molecule has 2 aromatic rings. The number of nitrogens with one attached hydrogen (secondary N) is 2. The fraction of sp³-hybridized carbons (Fsp3) is 0.300. The van der Waals surface area contributed by atoms with Gasteiger partial charge in [-0.05, 0) is 37.1 Å². The highest BCUT2D eigenvalue weighted by atomic mass is 16.5. The minimum absolute atomic E-state index is 0.0148. The van der Waals surface area contributed by atoms with Gasteiger partial charge >= 0.3 is 0 Å². The van der Waals surface area contributed by atoms with E-state index in [0.29, 0.717) is 25.9 Å². The number of amides is 2. The van der Waals surface area contributed by atoms with Gasteiger partial charge in [0.1, 0.15) is 11.5 Å². The van der Waals surface area contributed by atoms with Crippen LogP contribution in [-0.4, -0.2) is 18.4 Å². The minimum Gasteiger partial charge on any atom is -0.457 e. The van der Waals surface area contributed by atoms with Crippen molar-refractivity contribution in [3.05, 3.63) is 59.7 Å². The first kappa shape index (κ1) is 17.0. The molecule has 130 valence electrons. The van der Waals surface area contributed by atoms with Crippen LogP contribution in [0, 0.1) is 12.8 Å². The van der Waals surface area contributed by atoms with Gasteiger partial charge in [0.05, 0.1) is 5.92 Å². The Morgan fingerprint density at radius 1 is 1.24 bits per heavy atom. The number of benzene rings is 2. The summed E-state index contributed by atoms with van der Waals surface area (Å²) >= 11 is 0. The van der Waals surface area contributed by atoms with E-state index in [1.165, 1.54) is 0 Å². The van der Waals surface area contributed by atoms with Crippen molar-refractivity contribution in [3.63, 3.8) is 0 Å². The molecule has 1 aliphatic rings. The van der Waals surface area contributed by atoms with Gasteiger partial charge in [-0.2, -0.15) is 0 Å². The van der Waals surface area contributed by atoms with Crippen LogP contribution < -0.4 is 15.4 Å². The molecule has 2 amide bonds. The molecule has 5 nitrogen and oxygen atoms in total. The molecule has 1 atom stereocenters. The molecule has 0 aliphatic carbocycles. The molecule has 0 spiro atoms. The number of hydrogen-bond acceptors (Lipinski definition) is 3. The molecule has 1 fully saturated rings. The first-order valence-electron chi connectivity index (χ1n) is 8.48. The number of ether oxygens (including phenoxy) is 1. The number of hydrogen-bond donors (Lipinski definition) is 2. The van der Waals surface area contributed by atoms with Gasteiger partial charge in [0.25, 0.3) is 0 Å². The molecule has 1 aliphatic heterocycles. The molecule has 1 saturated heterocycles. The Morgan fingerprint density at radius 3 is 2.84 bits per heavy atom. The zero-order valence-electron chi connectivity index (χ0n) is 14.2. The summed E-state index contributed by atoms with van der Waals surface area (Å²) in [7, 11) is 0. The van der Waals surface area contributed by atoms with Crippen molar-refractivity contribution in [1.29, 1.82) is 0 Å². The normalized spacial score (nSPS) is 16.8. The van der Waals surface area contributed by atoms with Gasteiger partial charge in [0, 0.05) is 25.1 Å². The SMILES string of the molecule is Cc1cccc(Oc2ccccc2CNC(=O)[C@@H]2CCC(=O)NC2)c1. The van der Waals surface area contributed by atoms with E-state index >= 15 is 0 Å². The van der Waals surface area contributed by atoms with E-state index in [-0.39, 0.29) is 17.7 Å². The Bertz CT molecular complexity index is 763. The minimum atomic E-state index is -0.164. The molecule has 0 radical (unpaired) electrons. The number of aryl methyl sites for hydroxylation is 1. The zero-order chi connectivity index (χ0) is 17.6. The van der Waals surface area contributed by atoms with Crippen LogP contribution in [0.25, 0.3) is 0 Å². The third kappa shape index (κ3) is 4.59. The predicted molar refractivity (Wildman–Crippen MR) is 95.3 cm³/mol. The second kappa shape index (κ2) is 7.83. The van der Waals surface area contributed by atoms with Gasteiger partial charge < -0.3 is 15.4 Å². The zero-order valence-corrected chi connectivity index (χ0v) is 14.2. The second-order valence-electron chi connectivity index (χ2n) is 6.28. The highest BCUT2D eigenvalue weighted by Crippen LogP contribution is 2.26. The maximum absolute atomic E-state index is 12.3. The van der Waals surface area contributed by atoms with Crippen molar-refractivity contribution in [2.75, 3.05) is 6.54 Å². The molecule has 2 N–H and O–H groups in total. The highest BCUT2D eigenvalue weighted by molar-refractivity contribution is 5.83. The molecule has 0 bridgehead atoms. The van der Waals surface area contributed by atoms with E-state index in [2.05, 4.69) is 10.6 Å². The summed E-state index contributed by atoms with van der Waals surface area (Å²) < 4.78 is 5.97. The van der Waals surface area contributed by atoms with Crippen LogP contribution in [0.2, 0.25) is 0 Å². The summed E-state index contributed by atoms with van der Waals surface area (Å²) in [5.74, 6) is 1.31.